The van der Waals surface area contributed by atoms with Crippen LogP contribution in [0.4, 0.5) is 5.69 Å². The summed E-state index contributed by atoms with van der Waals surface area (Å²) in [6.07, 6.45) is 2.26. The number of carbonyl (C=O) groups excluding carboxylic acids is 1. The van der Waals surface area contributed by atoms with Crippen LogP contribution in [0, 0.1) is 0 Å². The van der Waals surface area contributed by atoms with Gasteiger partial charge in [0.1, 0.15) is 5.75 Å². The lowest BCUT2D eigenvalue weighted by Gasteiger charge is -2.37. The highest BCUT2D eigenvalue weighted by Gasteiger charge is 2.45. The monoisotopic (exact) mass is 260 g/mol. The summed E-state index contributed by atoms with van der Waals surface area (Å²) in [4.78, 5) is 13.9. The minimum Gasteiger partial charge on any atom is -0.476 e. The molecule has 0 unspecified atom stereocenters. The second kappa shape index (κ2) is 3.73. The Labute approximate surface area is 113 Å². The third-order valence-electron chi connectivity index (χ3n) is 4.36. The van der Waals surface area contributed by atoms with Crippen molar-refractivity contribution in [3.63, 3.8) is 0 Å². The van der Waals surface area contributed by atoms with E-state index in [1.54, 1.807) is 25.8 Å². The van der Waals surface area contributed by atoms with Gasteiger partial charge in [0.25, 0.3) is 5.91 Å². The molecular weight excluding hydrogens is 240 g/mol. The van der Waals surface area contributed by atoms with Crippen molar-refractivity contribution in [2.75, 3.05) is 18.5 Å². The van der Waals surface area contributed by atoms with Crippen LogP contribution in [0.2, 0.25) is 0 Å². The molecule has 1 saturated carbocycles. The van der Waals surface area contributed by atoms with Gasteiger partial charge < -0.3 is 15.4 Å². The second-order valence-electron chi connectivity index (χ2n) is 6.14. The topological polar surface area (TPSA) is 55.6 Å². The van der Waals surface area contributed by atoms with Crippen molar-refractivity contribution < 1.29 is 9.53 Å². The molecule has 1 heterocycles. The summed E-state index contributed by atoms with van der Waals surface area (Å²) in [6, 6.07) is 6.10. The number of ether oxygens (including phenoxy) is 1. The minimum absolute atomic E-state index is 0.0188. The van der Waals surface area contributed by atoms with Gasteiger partial charge in [-0.2, -0.15) is 0 Å². The van der Waals surface area contributed by atoms with Gasteiger partial charge in [0.05, 0.1) is 5.69 Å². The van der Waals surface area contributed by atoms with Crippen molar-refractivity contribution in [3.8, 4) is 5.75 Å². The van der Waals surface area contributed by atoms with Crippen LogP contribution in [0.3, 0.4) is 0 Å². The number of amides is 1. The minimum atomic E-state index is -0.797. The molecule has 1 aliphatic carbocycles. The van der Waals surface area contributed by atoms with Crippen LogP contribution in [0.1, 0.15) is 32.3 Å². The highest BCUT2D eigenvalue weighted by Crippen LogP contribution is 2.49. The standard InChI is InChI=1S/C15H20N2O2/c1-14(2)13(18)17(3)11-8-10(4-5-12(11)19-14)15(9-16)6-7-15/h4-5,8H,6-7,9,16H2,1-3H3. The Kier molecular flexibility index (Phi) is 2.45. The molecule has 1 aromatic carbocycles. The lowest BCUT2D eigenvalue weighted by molar-refractivity contribution is -0.132. The van der Waals surface area contributed by atoms with Crippen LogP contribution in [0.15, 0.2) is 18.2 Å². The molecule has 1 fully saturated rings. The lowest BCUT2D eigenvalue weighted by atomic mass is 9.94. The first-order valence-electron chi connectivity index (χ1n) is 6.71. The summed E-state index contributed by atoms with van der Waals surface area (Å²) in [5.41, 5.74) is 7.27. The van der Waals surface area contributed by atoms with Gasteiger partial charge in [0.2, 0.25) is 0 Å². The first-order valence-corrected chi connectivity index (χ1v) is 6.71. The van der Waals surface area contributed by atoms with Crippen molar-refractivity contribution in [2.45, 2.75) is 37.7 Å². The van der Waals surface area contributed by atoms with Crippen LogP contribution < -0.4 is 15.4 Å². The maximum Gasteiger partial charge on any atom is 0.270 e. The van der Waals surface area contributed by atoms with Gasteiger partial charge >= 0.3 is 0 Å². The number of likely N-dealkylation sites (N-methyl/N-ethyl adjacent to an activating group) is 1. The lowest BCUT2D eigenvalue weighted by Crippen LogP contribution is -2.50. The number of nitrogens with zero attached hydrogens (tertiary/aromatic N) is 1. The van der Waals surface area contributed by atoms with Crippen LogP contribution >= 0.6 is 0 Å². The number of nitrogens with two attached hydrogens (primary N) is 1. The highest BCUT2D eigenvalue weighted by atomic mass is 16.5. The molecule has 1 aromatic rings. The Morgan fingerprint density at radius 1 is 1.37 bits per heavy atom. The molecule has 1 aliphatic heterocycles. The normalized spacial score (nSPS) is 22.7. The van der Waals surface area contributed by atoms with Gasteiger partial charge in [-0.3, -0.25) is 4.79 Å². The summed E-state index contributed by atoms with van der Waals surface area (Å²) in [5.74, 6) is 0.749. The molecule has 0 atom stereocenters. The molecule has 0 spiro atoms. The third-order valence-corrected chi connectivity index (χ3v) is 4.36. The van der Waals surface area contributed by atoms with E-state index in [0.29, 0.717) is 6.54 Å². The largest absolute Gasteiger partial charge is 0.476 e. The second-order valence-corrected chi connectivity index (χ2v) is 6.14. The van der Waals surface area contributed by atoms with E-state index < -0.39 is 5.60 Å². The van der Waals surface area contributed by atoms with Crippen LogP contribution in [-0.4, -0.2) is 25.1 Å². The molecule has 0 radical (unpaired) electrons. The van der Waals surface area contributed by atoms with Crippen LogP contribution in [0.25, 0.3) is 0 Å². The highest BCUT2D eigenvalue weighted by molar-refractivity contribution is 6.02. The van der Waals surface area contributed by atoms with Crippen molar-refractivity contribution in [1.82, 2.24) is 0 Å². The molecule has 0 bridgehead atoms. The average Bonchev–Trinajstić information content (AvgIpc) is 3.17. The number of hydrogen-bond acceptors (Lipinski definition) is 3. The molecule has 102 valence electrons. The zero-order chi connectivity index (χ0) is 13.8. The SMILES string of the molecule is CN1C(=O)C(C)(C)Oc2ccc(C3(CN)CC3)cc21. The van der Waals surface area contributed by atoms with E-state index in [1.165, 1.54) is 5.56 Å². The fraction of sp³-hybridized carbons (Fsp3) is 0.533. The van der Waals surface area contributed by atoms with Gasteiger partial charge in [-0.25, -0.2) is 0 Å². The molecule has 4 nitrogen and oxygen atoms in total. The van der Waals surface area contributed by atoms with Crippen LogP contribution in [-0.2, 0) is 10.2 Å². The Bertz CT molecular complexity index is 547. The molecule has 19 heavy (non-hydrogen) atoms. The van der Waals surface area contributed by atoms with E-state index >= 15 is 0 Å². The smallest absolute Gasteiger partial charge is 0.270 e. The van der Waals surface area contributed by atoms with E-state index in [-0.39, 0.29) is 11.3 Å². The fourth-order valence-electron chi connectivity index (χ4n) is 2.79. The predicted molar refractivity (Wildman–Crippen MR) is 74.5 cm³/mol. The first-order chi connectivity index (χ1) is 8.89. The Balaban J connectivity index is 2.05. The third kappa shape index (κ3) is 1.74. The molecule has 0 saturated heterocycles. The summed E-state index contributed by atoms with van der Waals surface area (Å²) in [6.45, 7) is 4.26. The van der Waals surface area contributed by atoms with E-state index in [0.717, 1.165) is 24.3 Å². The van der Waals surface area contributed by atoms with E-state index in [1.807, 2.05) is 6.07 Å². The summed E-state index contributed by atoms with van der Waals surface area (Å²) < 4.78 is 5.80. The van der Waals surface area contributed by atoms with E-state index in [9.17, 15) is 4.79 Å². The quantitative estimate of drug-likeness (QED) is 0.882. The number of hydrogen-bond donors (Lipinski definition) is 1. The Hall–Kier alpha value is -1.55. The van der Waals surface area contributed by atoms with E-state index in [2.05, 4.69) is 12.1 Å². The Morgan fingerprint density at radius 2 is 2.05 bits per heavy atom. The molecule has 1 amide bonds. The molecule has 3 rings (SSSR count). The number of anilines is 1. The van der Waals surface area contributed by atoms with Gasteiger partial charge in [0.15, 0.2) is 5.60 Å². The summed E-state index contributed by atoms with van der Waals surface area (Å²) >= 11 is 0. The van der Waals surface area contributed by atoms with Gasteiger partial charge in [-0.05, 0) is 44.4 Å². The zero-order valence-electron chi connectivity index (χ0n) is 11.7. The van der Waals surface area contributed by atoms with Crippen molar-refractivity contribution in [1.29, 1.82) is 0 Å². The van der Waals surface area contributed by atoms with Crippen molar-refractivity contribution in [3.05, 3.63) is 23.8 Å². The van der Waals surface area contributed by atoms with Crippen molar-refractivity contribution in [2.24, 2.45) is 5.73 Å². The number of carbonyl (C=O) groups is 1. The molecular formula is C15H20N2O2. The maximum atomic E-state index is 12.2. The van der Waals surface area contributed by atoms with Gasteiger partial charge in [-0.1, -0.05) is 6.07 Å². The Morgan fingerprint density at radius 3 is 2.63 bits per heavy atom. The molecule has 2 N–H and O–H groups in total. The average molecular weight is 260 g/mol. The molecule has 4 heteroatoms. The summed E-state index contributed by atoms with van der Waals surface area (Å²) in [7, 11) is 1.80. The van der Waals surface area contributed by atoms with Gasteiger partial charge in [0, 0.05) is 19.0 Å². The summed E-state index contributed by atoms with van der Waals surface area (Å²) in [5, 5.41) is 0. The number of fused-ring (bicyclic) bond motifs is 1. The fourth-order valence-corrected chi connectivity index (χ4v) is 2.79. The number of rotatable bonds is 2. The van der Waals surface area contributed by atoms with E-state index in [4.69, 9.17) is 10.5 Å². The van der Waals surface area contributed by atoms with Gasteiger partial charge in [-0.15, -0.1) is 0 Å². The first kappa shape index (κ1) is 12.5. The maximum absolute atomic E-state index is 12.2. The van der Waals surface area contributed by atoms with Crippen molar-refractivity contribution >= 4 is 11.6 Å². The molecule has 0 aromatic heterocycles. The molecule has 2 aliphatic rings. The zero-order valence-corrected chi connectivity index (χ0v) is 11.7. The van der Waals surface area contributed by atoms with Crippen LogP contribution in [0.5, 0.6) is 5.75 Å². The predicted octanol–water partition coefficient (Wildman–Crippen LogP) is 1.81. The number of benzene rings is 1.